The van der Waals surface area contributed by atoms with Crippen LogP contribution in [0.15, 0.2) is 46.0 Å². The summed E-state index contributed by atoms with van der Waals surface area (Å²) < 4.78 is 3.30. The van der Waals surface area contributed by atoms with Crippen molar-refractivity contribution in [2.75, 3.05) is 5.75 Å². The van der Waals surface area contributed by atoms with E-state index in [1.807, 2.05) is 24.5 Å². The Balaban J connectivity index is 1.86. The lowest BCUT2D eigenvalue weighted by Gasteiger charge is -2.12. The molecule has 0 saturated carbocycles. The summed E-state index contributed by atoms with van der Waals surface area (Å²) in [6.07, 6.45) is 5.84. The van der Waals surface area contributed by atoms with Crippen LogP contribution in [0.1, 0.15) is 19.2 Å². The number of halogens is 1. The lowest BCUT2D eigenvalue weighted by molar-refractivity contribution is 0.607. The van der Waals surface area contributed by atoms with Crippen LogP contribution in [0.25, 0.3) is 0 Å². The van der Waals surface area contributed by atoms with Crippen LogP contribution in [0, 0.1) is 0 Å². The van der Waals surface area contributed by atoms with Gasteiger partial charge in [-0.15, -0.1) is 11.8 Å². The molecule has 1 atom stereocenters. The van der Waals surface area contributed by atoms with E-state index in [4.69, 9.17) is 5.73 Å². The number of nitrogens with two attached hydrogens (primary N) is 1. The molecule has 5 heteroatoms. The van der Waals surface area contributed by atoms with Gasteiger partial charge in [-0.2, -0.15) is 0 Å². The summed E-state index contributed by atoms with van der Waals surface area (Å²) in [5, 5.41) is 0. The molecule has 1 aromatic carbocycles. The second kappa shape index (κ2) is 7.86. The fraction of sp³-hybridized carbons (Fsp3) is 0.400. The van der Waals surface area contributed by atoms with Crippen molar-refractivity contribution in [1.29, 1.82) is 0 Å². The number of aryl methyl sites for hydroxylation is 1. The Bertz CT molecular complexity index is 541. The van der Waals surface area contributed by atoms with Crippen LogP contribution in [0.5, 0.6) is 0 Å². The number of benzene rings is 1. The van der Waals surface area contributed by atoms with Gasteiger partial charge in [0.2, 0.25) is 0 Å². The van der Waals surface area contributed by atoms with Crippen LogP contribution >= 0.6 is 27.7 Å². The minimum atomic E-state index is 0.122. The first-order chi connectivity index (χ1) is 9.69. The molecule has 1 aromatic heterocycles. The van der Waals surface area contributed by atoms with Gasteiger partial charge in [-0.1, -0.05) is 28.9 Å². The second-order valence-corrected chi connectivity index (χ2v) is 6.78. The van der Waals surface area contributed by atoms with E-state index >= 15 is 0 Å². The smallest absolute Gasteiger partial charge is 0.110 e. The highest BCUT2D eigenvalue weighted by Gasteiger charge is 2.09. The third kappa shape index (κ3) is 4.65. The van der Waals surface area contributed by atoms with Crippen molar-refractivity contribution in [3.8, 4) is 0 Å². The second-order valence-electron chi connectivity index (χ2n) is 4.77. The summed E-state index contributed by atoms with van der Waals surface area (Å²) in [4.78, 5) is 5.65. The fourth-order valence-corrected chi connectivity index (χ4v) is 3.49. The van der Waals surface area contributed by atoms with E-state index in [-0.39, 0.29) is 6.04 Å². The molecule has 3 nitrogen and oxygen atoms in total. The molecule has 0 spiro atoms. The average Bonchev–Trinajstić information content (AvgIpc) is 2.84. The van der Waals surface area contributed by atoms with E-state index in [0.717, 1.165) is 35.4 Å². The standard InChI is InChI=1S/C15H20BrN3S/c1-2-7-19-8-6-18-15(19)10-13(17)11-20-14-5-3-4-12(16)9-14/h3-6,8-9,13H,2,7,10-11,17H2,1H3. The van der Waals surface area contributed by atoms with Gasteiger partial charge in [0.1, 0.15) is 5.82 Å². The van der Waals surface area contributed by atoms with Crippen LogP contribution in [0.2, 0.25) is 0 Å². The van der Waals surface area contributed by atoms with E-state index in [2.05, 4.69) is 44.5 Å². The van der Waals surface area contributed by atoms with Gasteiger partial charge in [0, 0.05) is 46.5 Å². The first-order valence-corrected chi connectivity index (χ1v) is 8.61. The minimum Gasteiger partial charge on any atom is -0.335 e. The van der Waals surface area contributed by atoms with Gasteiger partial charge < -0.3 is 10.3 Å². The Morgan fingerprint density at radius 1 is 1.45 bits per heavy atom. The molecule has 0 aliphatic rings. The highest BCUT2D eigenvalue weighted by atomic mass is 79.9. The molecule has 1 heterocycles. The topological polar surface area (TPSA) is 43.8 Å². The van der Waals surface area contributed by atoms with Crippen molar-refractivity contribution in [3.63, 3.8) is 0 Å². The average molecular weight is 354 g/mol. The highest BCUT2D eigenvalue weighted by molar-refractivity contribution is 9.10. The SMILES string of the molecule is CCCn1ccnc1CC(N)CSc1cccc(Br)c1. The van der Waals surface area contributed by atoms with E-state index in [1.54, 1.807) is 11.8 Å². The van der Waals surface area contributed by atoms with E-state index in [1.165, 1.54) is 4.90 Å². The molecule has 0 amide bonds. The molecule has 0 bridgehead atoms. The van der Waals surface area contributed by atoms with Gasteiger partial charge in [-0.25, -0.2) is 4.98 Å². The van der Waals surface area contributed by atoms with E-state index in [9.17, 15) is 0 Å². The van der Waals surface area contributed by atoms with Crippen LogP contribution in [0.4, 0.5) is 0 Å². The monoisotopic (exact) mass is 353 g/mol. The lowest BCUT2D eigenvalue weighted by atomic mass is 10.2. The molecule has 0 radical (unpaired) electrons. The van der Waals surface area contributed by atoms with Crippen LogP contribution in [-0.4, -0.2) is 21.3 Å². The predicted octanol–water partition coefficient (Wildman–Crippen LogP) is 3.72. The molecule has 2 aromatic rings. The van der Waals surface area contributed by atoms with Crippen LogP contribution in [0.3, 0.4) is 0 Å². The summed E-state index contributed by atoms with van der Waals surface area (Å²) >= 11 is 5.28. The Morgan fingerprint density at radius 3 is 3.05 bits per heavy atom. The molecule has 20 heavy (non-hydrogen) atoms. The molecule has 2 rings (SSSR count). The molecule has 0 fully saturated rings. The number of nitrogens with zero attached hydrogens (tertiary/aromatic N) is 2. The molecule has 1 unspecified atom stereocenters. The first kappa shape index (κ1) is 15.6. The van der Waals surface area contributed by atoms with Gasteiger partial charge in [0.25, 0.3) is 0 Å². The Hall–Kier alpha value is -0.780. The quantitative estimate of drug-likeness (QED) is 0.771. The summed E-state index contributed by atoms with van der Waals surface area (Å²) in [6, 6.07) is 8.43. The maximum atomic E-state index is 6.23. The summed E-state index contributed by atoms with van der Waals surface area (Å²) in [5.74, 6) is 1.99. The summed E-state index contributed by atoms with van der Waals surface area (Å²) in [7, 11) is 0. The van der Waals surface area contributed by atoms with Gasteiger partial charge in [0.05, 0.1) is 0 Å². The Kier molecular flexibility index (Phi) is 6.13. The highest BCUT2D eigenvalue weighted by Crippen LogP contribution is 2.22. The van der Waals surface area contributed by atoms with Crippen molar-refractivity contribution < 1.29 is 0 Å². The zero-order chi connectivity index (χ0) is 14.4. The van der Waals surface area contributed by atoms with E-state index in [0.29, 0.717) is 0 Å². The van der Waals surface area contributed by atoms with Gasteiger partial charge in [-0.05, 0) is 24.6 Å². The largest absolute Gasteiger partial charge is 0.335 e. The molecule has 0 aliphatic carbocycles. The number of hydrogen-bond acceptors (Lipinski definition) is 3. The Morgan fingerprint density at radius 2 is 2.30 bits per heavy atom. The number of aromatic nitrogens is 2. The zero-order valence-electron chi connectivity index (χ0n) is 11.6. The lowest BCUT2D eigenvalue weighted by Crippen LogP contribution is -2.27. The Labute approximate surface area is 133 Å². The molecule has 108 valence electrons. The van der Waals surface area contributed by atoms with Gasteiger partial charge in [0.15, 0.2) is 0 Å². The van der Waals surface area contributed by atoms with Gasteiger partial charge in [-0.3, -0.25) is 0 Å². The molecular weight excluding hydrogens is 334 g/mol. The fourth-order valence-electron chi connectivity index (χ4n) is 2.03. The van der Waals surface area contributed by atoms with Crippen molar-refractivity contribution in [2.24, 2.45) is 5.73 Å². The maximum absolute atomic E-state index is 6.23. The zero-order valence-corrected chi connectivity index (χ0v) is 14.0. The molecule has 0 saturated heterocycles. The molecule has 0 aliphatic heterocycles. The number of thioether (sulfide) groups is 1. The predicted molar refractivity (Wildman–Crippen MR) is 89.1 cm³/mol. The third-order valence-electron chi connectivity index (χ3n) is 2.97. The molecule has 2 N–H and O–H groups in total. The van der Waals surface area contributed by atoms with Crippen molar-refractivity contribution >= 4 is 27.7 Å². The van der Waals surface area contributed by atoms with Crippen molar-refractivity contribution in [2.45, 2.75) is 37.2 Å². The summed E-state index contributed by atoms with van der Waals surface area (Å²) in [6.45, 7) is 3.19. The maximum Gasteiger partial charge on any atom is 0.110 e. The van der Waals surface area contributed by atoms with Crippen LogP contribution in [-0.2, 0) is 13.0 Å². The van der Waals surface area contributed by atoms with Crippen molar-refractivity contribution in [3.05, 3.63) is 47.0 Å². The van der Waals surface area contributed by atoms with Crippen LogP contribution < -0.4 is 5.73 Å². The normalized spacial score (nSPS) is 12.6. The van der Waals surface area contributed by atoms with Crippen molar-refractivity contribution in [1.82, 2.24) is 9.55 Å². The van der Waals surface area contributed by atoms with E-state index < -0.39 is 0 Å². The number of rotatable bonds is 7. The minimum absolute atomic E-state index is 0.122. The van der Waals surface area contributed by atoms with Gasteiger partial charge >= 0.3 is 0 Å². The first-order valence-electron chi connectivity index (χ1n) is 6.83. The molecular formula is C15H20BrN3S. The third-order valence-corrected chi connectivity index (χ3v) is 4.65. The number of imidazole rings is 1. The number of hydrogen-bond donors (Lipinski definition) is 1. The summed E-state index contributed by atoms with van der Waals surface area (Å²) in [5.41, 5.74) is 6.23.